The summed E-state index contributed by atoms with van der Waals surface area (Å²) in [6, 6.07) is 29.3. The highest BCUT2D eigenvalue weighted by Gasteiger charge is 2.32. The van der Waals surface area contributed by atoms with E-state index in [0.29, 0.717) is 29.6 Å². The molecule has 9 nitrogen and oxygen atoms in total. The SMILES string of the molecule is CCCC1CCC[C@@H](c2ccc(-n3cc4cc(C#CCNC(=O)OCc5ccccc5)[nH]c4nc3=O)cc2)N1CC(=O)c1ccccc1. The molecule has 9 heteroatoms. The van der Waals surface area contributed by atoms with Gasteiger partial charge in [-0.3, -0.25) is 14.3 Å². The zero-order valence-corrected chi connectivity index (χ0v) is 27.0. The number of amides is 1. The standard InChI is InChI=1S/C39H39N5O4/c1-2-11-33-17-9-18-35(43(33)26-36(45)30-14-7-4-8-15-30)29-19-21-34(22-20-29)44-25-31-24-32(41-37(31)42-38(44)46)16-10-23-40-39(47)48-27-28-12-5-3-6-13-28/h3-8,12-15,19-22,24-25,33,35H,2,9,11,17-18,23,26-27H2,1H3,(H,40,47)(H,41,42,46)/t33?,35-/m0/s1. The zero-order chi connectivity index (χ0) is 33.3. The molecule has 3 heterocycles. The number of aromatic nitrogens is 3. The van der Waals surface area contributed by atoms with E-state index < -0.39 is 11.8 Å². The number of nitrogens with zero attached hydrogens (tertiary/aromatic N) is 3. The van der Waals surface area contributed by atoms with Crippen molar-refractivity contribution >= 4 is 22.9 Å². The summed E-state index contributed by atoms with van der Waals surface area (Å²) < 4.78 is 6.73. The van der Waals surface area contributed by atoms with Gasteiger partial charge in [-0.25, -0.2) is 9.59 Å². The van der Waals surface area contributed by atoms with E-state index in [9.17, 15) is 14.4 Å². The van der Waals surface area contributed by atoms with Crippen LogP contribution in [-0.4, -0.2) is 50.4 Å². The summed E-state index contributed by atoms with van der Waals surface area (Å²) in [7, 11) is 0. The van der Waals surface area contributed by atoms with Gasteiger partial charge in [-0.2, -0.15) is 4.98 Å². The first-order valence-corrected chi connectivity index (χ1v) is 16.5. The van der Waals surface area contributed by atoms with Crippen LogP contribution in [0.5, 0.6) is 0 Å². The average Bonchev–Trinajstić information content (AvgIpc) is 3.52. The van der Waals surface area contributed by atoms with Crippen molar-refractivity contribution in [2.45, 2.75) is 57.7 Å². The molecule has 0 radical (unpaired) electrons. The van der Waals surface area contributed by atoms with Crippen LogP contribution in [0.3, 0.4) is 0 Å². The number of ketones is 1. The number of hydrogen-bond donors (Lipinski definition) is 2. The van der Waals surface area contributed by atoms with E-state index in [1.807, 2.05) is 78.9 Å². The number of carbonyl (C=O) groups is 2. The number of carbonyl (C=O) groups excluding carboxylic acids is 2. The quantitative estimate of drug-likeness (QED) is 0.132. The van der Waals surface area contributed by atoms with Gasteiger partial charge in [0, 0.05) is 29.2 Å². The Balaban J connectivity index is 1.13. The number of benzene rings is 3. The van der Waals surface area contributed by atoms with Crippen molar-refractivity contribution in [1.29, 1.82) is 0 Å². The molecule has 5 aromatic rings. The van der Waals surface area contributed by atoms with Crippen molar-refractivity contribution in [3.8, 4) is 17.5 Å². The molecule has 1 amide bonds. The van der Waals surface area contributed by atoms with Crippen LogP contribution < -0.4 is 11.0 Å². The topological polar surface area (TPSA) is 109 Å². The number of Topliss-reactive ketones (excluding diaryl/α,β-unsaturated/α-hetero) is 1. The lowest BCUT2D eigenvalue weighted by atomic mass is 9.88. The molecule has 1 aliphatic heterocycles. The van der Waals surface area contributed by atoms with Gasteiger partial charge < -0.3 is 15.0 Å². The van der Waals surface area contributed by atoms with Crippen LogP contribution in [0.2, 0.25) is 0 Å². The van der Waals surface area contributed by atoms with E-state index in [1.54, 1.807) is 6.20 Å². The number of rotatable bonds is 10. The van der Waals surface area contributed by atoms with E-state index in [1.165, 1.54) is 4.57 Å². The van der Waals surface area contributed by atoms with Crippen LogP contribution in [0.25, 0.3) is 16.7 Å². The van der Waals surface area contributed by atoms with Gasteiger partial charge in [0.05, 0.1) is 24.5 Å². The summed E-state index contributed by atoms with van der Waals surface area (Å²) >= 11 is 0. The molecule has 6 rings (SSSR count). The molecule has 3 aromatic carbocycles. The lowest BCUT2D eigenvalue weighted by Crippen LogP contribution is -2.44. The molecule has 1 aliphatic rings. The van der Waals surface area contributed by atoms with Crippen LogP contribution in [0.1, 0.15) is 72.2 Å². The minimum absolute atomic E-state index is 0.105. The van der Waals surface area contributed by atoms with Crippen LogP contribution >= 0.6 is 0 Å². The molecule has 0 spiro atoms. The molecular weight excluding hydrogens is 602 g/mol. The van der Waals surface area contributed by atoms with Gasteiger partial charge in [0.2, 0.25) is 0 Å². The molecule has 1 saturated heterocycles. The predicted octanol–water partition coefficient (Wildman–Crippen LogP) is 6.57. The van der Waals surface area contributed by atoms with Crippen molar-refractivity contribution in [1.82, 2.24) is 24.8 Å². The third kappa shape index (κ3) is 7.91. The first-order valence-electron chi connectivity index (χ1n) is 16.5. The average molecular weight is 642 g/mol. The first kappa shape index (κ1) is 32.5. The van der Waals surface area contributed by atoms with Gasteiger partial charge >= 0.3 is 11.8 Å². The molecule has 2 atom stereocenters. The second kappa shape index (κ2) is 15.4. The number of H-pyrrole nitrogens is 1. The maximum absolute atomic E-state index is 13.3. The fourth-order valence-electron chi connectivity index (χ4n) is 6.39. The summed E-state index contributed by atoms with van der Waals surface area (Å²) in [6.07, 6.45) is 6.51. The van der Waals surface area contributed by atoms with Crippen LogP contribution in [-0.2, 0) is 11.3 Å². The smallest absolute Gasteiger partial charge is 0.408 e. The second-order valence-corrected chi connectivity index (χ2v) is 12.0. The summed E-state index contributed by atoms with van der Waals surface area (Å²) in [5.41, 5.74) is 4.10. The normalized spacial score (nSPS) is 16.2. The Morgan fingerprint density at radius 1 is 1.00 bits per heavy atom. The van der Waals surface area contributed by atoms with Crippen molar-refractivity contribution in [3.05, 3.63) is 130 Å². The van der Waals surface area contributed by atoms with Crippen LogP contribution in [0, 0.1) is 11.8 Å². The van der Waals surface area contributed by atoms with Crippen molar-refractivity contribution in [2.75, 3.05) is 13.1 Å². The lowest BCUT2D eigenvalue weighted by molar-refractivity contribution is 0.0616. The van der Waals surface area contributed by atoms with E-state index in [-0.39, 0.29) is 25.0 Å². The monoisotopic (exact) mass is 641 g/mol. The second-order valence-electron chi connectivity index (χ2n) is 12.0. The molecule has 1 fully saturated rings. The molecule has 1 unspecified atom stereocenters. The van der Waals surface area contributed by atoms with Gasteiger partial charge in [0.25, 0.3) is 0 Å². The number of ether oxygens (including phenoxy) is 1. The number of likely N-dealkylation sites (tertiary alicyclic amines) is 1. The minimum Gasteiger partial charge on any atom is -0.445 e. The molecule has 2 aromatic heterocycles. The Labute approximate surface area is 280 Å². The Bertz CT molecular complexity index is 1970. The zero-order valence-electron chi connectivity index (χ0n) is 27.0. The number of nitrogens with one attached hydrogen (secondary N) is 2. The van der Waals surface area contributed by atoms with Crippen LogP contribution in [0.15, 0.2) is 102 Å². The number of piperidine rings is 1. The number of hydrogen-bond acceptors (Lipinski definition) is 6. The van der Waals surface area contributed by atoms with Gasteiger partial charge in [-0.05, 0) is 60.9 Å². The Morgan fingerprint density at radius 3 is 2.50 bits per heavy atom. The number of aromatic amines is 1. The summed E-state index contributed by atoms with van der Waals surface area (Å²) in [4.78, 5) is 48.0. The molecule has 0 aliphatic carbocycles. The molecule has 244 valence electrons. The number of alkyl carbamates (subject to hydrolysis) is 1. The van der Waals surface area contributed by atoms with E-state index in [0.717, 1.165) is 54.2 Å². The highest BCUT2D eigenvalue weighted by molar-refractivity contribution is 5.97. The first-order chi connectivity index (χ1) is 23.5. The molecular formula is C39H39N5O4. The van der Waals surface area contributed by atoms with E-state index in [2.05, 4.69) is 51.1 Å². The molecule has 0 saturated carbocycles. The summed E-state index contributed by atoms with van der Waals surface area (Å²) in [6.45, 7) is 2.87. The fraction of sp³-hybridized carbons (Fsp3) is 0.282. The fourth-order valence-corrected chi connectivity index (χ4v) is 6.39. The van der Waals surface area contributed by atoms with Gasteiger partial charge in [0.1, 0.15) is 12.3 Å². The summed E-state index contributed by atoms with van der Waals surface area (Å²) in [5.74, 6) is 6.00. The molecule has 48 heavy (non-hydrogen) atoms. The Morgan fingerprint density at radius 2 is 1.75 bits per heavy atom. The summed E-state index contributed by atoms with van der Waals surface area (Å²) in [5, 5.41) is 3.35. The maximum Gasteiger partial charge on any atom is 0.408 e. The van der Waals surface area contributed by atoms with E-state index >= 15 is 0 Å². The highest BCUT2D eigenvalue weighted by Crippen LogP contribution is 2.36. The third-order valence-corrected chi connectivity index (χ3v) is 8.75. The molecule has 2 N–H and O–H groups in total. The minimum atomic E-state index is -0.549. The van der Waals surface area contributed by atoms with Gasteiger partial charge in [-0.15, -0.1) is 0 Å². The van der Waals surface area contributed by atoms with E-state index in [4.69, 9.17) is 4.74 Å². The third-order valence-electron chi connectivity index (χ3n) is 8.75. The predicted molar refractivity (Wildman–Crippen MR) is 186 cm³/mol. The lowest BCUT2D eigenvalue weighted by Gasteiger charge is -2.42. The molecule has 0 bridgehead atoms. The van der Waals surface area contributed by atoms with Gasteiger partial charge in [0.15, 0.2) is 5.78 Å². The van der Waals surface area contributed by atoms with Crippen molar-refractivity contribution in [3.63, 3.8) is 0 Å². The largest absolute Gasteiger partial charge is 0.445 e. The highest BCUT2D eigenvalue weighted by atomic mass is 16.5. The maximum atomic E-state index is 13.3. The Hall–Kier alpha value is -5.46. The van der Waals surface area contributed by atoms with Crippen LogP contribution in [0.4, 0.5) is 4.79 Å². The van der Waals surface area contributed by atoms with Gasteiger partial charge in [-0.1, -0.05) is 92.1 Å². The number of fused-ring (bicyclic) bond motifs is 1. The Kier molecular flexibility index (Phi) is 10.4. The van der Waals surface area contributed by atoms with Crippen molar-refractivity contribution < 1.29 is 14.3 Å². The van der Waals surface area contributed by atoms with Crippen molar-refractivity contribution in [2.24, 2.45) is 0 Å².